The standard InChI is InChI=1S/C5H11NO.2C5H5.2C3H7.Nb/c1-2-3-4-5(6)7;2*1-2-4-5-3-1;2*1-3-2;/h2-4H2,1H3,(H2,6,7);2*1-3H,4H2;2*3H,1-2H3;/q;;;;;+1/p-1. The van der Waals surface area contributed by atoms with Crippen LogP contribution in [0, 0.1) is 0 Å². The maximum absolute atomic E-state index is 13.0. The van der Waals surface area contributed by atoms with E-state index in [4.69, 9.17) is 0 Å². The zero-order valence-electron chi connectivity index (χ0n) is 16.0. The van der Waals surface area contributed by atoms with Crippen LogP contribution in [-0.2, 0) is 20.9 Å². The molecule has 0 radical (unpaired) electrons. The quantitative estimate of drug-likeness (QED) is 0.472. The van der Waals surface area contributed by atoms with Gasteiger partial charge in [-0.1, -0.05) is 0 Å². The first-order valence-electron chi connectivity index (χ1n) is 9.45. The topological polar surface area (TPSA) is 29.1 Å². The molecular weight excluding hydrogens is 375 g/mol. The molecule has 0 aliphatic heterocycles. The van der Waals surface area contributed by atoms with Crippen LogP contribution in [0.15, 0.2) is 44.0 Å². The van der Waals surface area contributed by atoms with Gasteiger partial charge < -0.3 is 0 Å². The third-order valence-electron chi connectivity index (χ3n) is 6.01. The zero-order chi connectivity index (χ0) is 17.8. The van der Waals surface area contributed by atoms with Crippen LogP contribution >= 0.6 is 0 Å². The average Bonchev–Trinajstić information content (AvgIpc) is 3.23. The molecule has 0 saturated carbocycles. The summed E-state index contributed by atoms with van der Waals surface area (Å²) in [6.07, 6.45) is 18.2. The summed E-state index contributed by atoms with van der Waals surface area (Å²) < 4.78 is 7.82. The second kappa shape index (κ2) is 7.59. The van der Waals surface area contributed by atoms with Gasteiger partial charge in [0.1, 0.15) is 0 Å². The molecule has 2 rings (SSSR count). The van der Waals surface area contributed by atoms with Crippen LogP contribution in [0.4, 0.5) is 0 Å². The Kier molecular flexibility index (Phi) is 6.17. The van der Waals surface area contributed by atoms with Gasteiger partial charge in [0, 0.05) is 0 Å². The molecule has 3 heteroatoms. The van der Waals surface area contributed by atoms with E-state index in [0.717, 1.165) is 25.7 Å². The van der Waals surface area contributed by atoms with Crippen molar-refractivity contribution in [3.63, 3.8) is 0 Å². The molecular formula is C21H34NNbO. The second-order valence-corrected chi connectivity index (χ2v) is 22.3. The number of unbranched alkanes of at least 4 members (excludes halogenated alkanes) is 1. The zero-order valence-corrected chi connectivity index (χ0v) is 18.2. The normalized spacial score (nSPS) is 18.7. The molecule has 0 spiro atoms. The number of nitrogens with one attached hydrogen (secondary N) is 1. The molecule has 134 valence electrons. The maximum atomic E-state index is 13.0. The summed E-state index contributed by atoms with van der Waals surface area (Å²) >= 11 is -3.81. The van der Waals surface area contributed by atoms with E-state index in [-0.39, 0.29) is 5.91 Å². The van der Waals surface area contributed by atoms with Crippen LogP contribution in [-0.4, -0.2) is 5.91 Å². The monoisotopic (exact) mass is 409 g/mol. The minimum atomic E-state index is -3.81. The van der Waals surface area contributed by atoms with E-state index in [1.165, 1.54) is 7.58 Å². The predicted molar refractivity (Wildman–Crippen MR) is 102 cm³/mol. The van der Waals surface area contributed by atoms with Crippen LogP contribution in [0.2, 0.25) is 8.27 Å². The number of carbonyl (C=O) groups is 1. The van der Waals surface area contributed by atoms with Crippen molar-refractivity contribution in [1.29, 1.82) is 0 Å². The van der Waals surface area contributed by atoms with Crippen molar-refractivity contribution in [1.82, 2.24) is 3.72 Å². The number of carbonyl (C=O) groups excluding carboxylic acids is 1. The molecule has 2 aliphatic rings. The molecule has 0 saturated heterocycles. The second-order valence-electron chi connectivity index (χ2n) is 7.67. The van der Waals surface area contributed by atoms with Gasteiger partial charge in [0.25, 0.3) is 0 Å². The summed E-state index contributed by atoms with van der Waals surface area (Å²) in [6.45, 7) is 11.5. The van der Waals surface area contributed by atoms with Crippen LogP contribution in [0.5, 0.6) is 0 Å². The Hall–Kier alpha value is -0.830. The molecule has 0 bridgehead atoms. The molecule has 0 aromatic rings. The van der Waals surface area contributed by atoms with Crippen molar-refractivity contribution >= 4 is 5.91 Å². The number of hydrogen-bond acceptors (Lipinski definition) is 1. The van der Waals surface area contributed by atoms with Crippen molar-refractivity contribution in [3.05, 3.63) is 44.0 Å². The molecule has 0 aromatic heterocycles. The van der Waals surface area contributed by atoms with Gasteiger partial charge in [-0.25, -0.2) is 0 Å². The molecule has 2 aliphatic carbocycles. The predicted octanol–water partition coefficient (Wildman–Crippen LogP) is 6.24. The average molecular weight is 409 g/mol. The van der Waals surface area contributed by atoms with Gasteiger partial charge in [0.2, 0.25) is 0 Å². The van der Waals surface area contributed by atoms with E-state index >= 15 is 0 Å². The van der Waals surface area contributed by atoms with E-state index in [1.807, 2.05) is 0 Å². The molecule has 1 amide bonds. The van der Waals surface area contributed by atoms with E-state index in [9.17, 15) is 4.79 Å². The van der Waals surface area contributed by atoms with E-state index in [2.05, 4.69) is 74.8 Å². The Morgan fingerprint density at radius 2 is 1.54 bits per heavy atom. The van der Waals surface area contributed by atoms with Crippen molar-refractivity contribution < 1.29 is 20.9 Å². The molecule has 2 nitrogen and oxygen atoms in total. The summed E-state index contributed by atoms with van der Waals surface area (Å²) in [7, 11) is 0. The SMILES string of the molecule is CCCCC(=O)[NH][Nb]([C]1=CC=CC1)([C]1=CC=CC1)([CH](C)C)[CH](C)C. The summed E-state index contributed by atoms with van der Waals surface area (Å²) in [4.78, 5) is 13.0. The molecule has 0 heterocycles. The van der Waals surface area contributed by atoms with Gasteiger partial charge in [-0.3, -0.25) is 0 Å². The van der Waals surface area contributed by atoms with Gasteiger partial charge in [0.15, 0.2) is 0 Å². The van der Waals surface area contributed by atoms with Gasteiger partial charge in [-0.2, -0.15) is 0 Å². The first-order chi connectivity index (χ1) is 11.4. The Balaban J connectivity index is 2.62. The molecule has 24 heavy (non-hydrogen) atoms. The fraction of sp³-hybridized carbons (Fsp3) is 0.571. The summed E-state index contributed by atoms with van der Waals surface area (Å²) in [6, 6.07) is 0. The minimum absolute atomic E-state index is 0.265. The number of rotatable bonds is 8. The Morgan fingerprint density at radius 3 is 1.88 bits per heavy atom. The first kappa shape index (κ1) is 19.5. The van der Waals surface area contributed by atoms with E-state index in [1.54, 1.807) is 0 Å². The Morgan fingerprint density at radius 1 is 1.04 bits per heavy atom. The summed E-state index contributed by atoms with van der Waals surface area (Å²) in [5.41, 5.74) is 0. The number of amides is 1. The van der Waals surface area contributed by atoms with Crippen LogP contribution in [0.25, 0.3) is 0 Å². The van der Waals surface area contributed by atoms with E-state index < -0.39 is 16.1 Å². The molecule has 0 unspecified atom stereocenters. The third-order valence-corrected chi connectivity index (χ3v) is 26.1. The van der Waals surface area contributed by atoms with Crippen molar-refractivity contribution in [2.24, 2.45) is 0 Å². The van der Waals surface area contributed by atoms with Crippen molar-refractivity contribution in [3.8, 4) is 0 Å². The van der Waals surface area contributed by atoms with Gasteiger partial charge >= 0.3 is 150 Å². The van der Waals surface area contributed by atoms with Crippen molar-refractivity contribution in [2.75, 3.05) is 0 Å². The third kappa shape index (κ3) is 2.83. The molecule has 0 aromatic carbocycles. The summed E-state index contributed by atoms with van der Waals surface area (Å²) in [5.74, 6) is 0.265. The fourth-order valence-electron chi connectivity index (χ4n) is 4.76. The van der Waals surface area contributed by atoms with Crippen LogP contribution in [0.1, 0.15) is 66.7 Å². The van der Waals surface area contributed by atoms with Crippen molar-refractivity contribution in [2.45, 2.75) is 75.0 Å². The number of allylic oxidation sites excluding steroid dienone is 8. The van der Waals surface area contributed by atoms with Gasteiger partial charge in [-0.15, -0.1) is 0 Å². The van der Waals surface area contributed by atoms with Crippen LogP contribution < -0.4 is 3.72 Å². The van der Waals surface area contributed by atoms with Gasteiger partial charge in [-0.05, 0) is 0 Å². The summed E-state index contributed by atoms with van der Waals surface area (Å²) in [5, 5.41) is 0. The number of hydrogen-bond donors (Lipinski definition) is 1. The van der Waals surface area contributed by atoms with Crippen LogP contribution in [0.3, 0.4) is 0 Å². The fourth-order valence-corrected chi connectivity index (χ4v) is 23.1. The van der Waals surface area contributed by atoms with E-state index in [0.29, 0.717) is 14.7 Å². The Bertz CT molecular complexity index is 565. The molecule has 0 fully saturated rings. The molecule has 1 N–H and O–H groups in total. The van der Waals surface area contributed by atoms with Gasteiger partial charge in [0.05, 0.1) is 0 Å². The Labute approximate surface area is 149 Å². The first-order valence-corrected chi connectivity index (χ1v) is 15.3. The molecule has 0 atom stereocenters.